The highest BCUT2D eigenvalue weighted by atomic mass is 16.5. The van der Waals surface area contributed by atoms with Gasteiger partial charge in [0.15, 0.2) is 17.1 Å². The number of ether oxygens (including phenoxy) is 5. The summed E-state index contributed by atoms with van der Waals surface area (Å²) in [5, 5.41) is 2.29. The zero-order chi connectivity index (χ0) is 37.8. The first-order chi connectivity index (χ1) is 25.7. The van der Waals surface area contributed by atoms with Crippen LogP contribution in [0.2, 0.25) is 0 Å². The maximum absolute atomic E-state index is 7.78. The van der Waals surface area contributed by atoms with Crippen LogP contribution in [0.1, 0.15) is 101 Å². The molecule has 54 heavy (non-hydrogen) atoms. The first-order valence-electron chi connectivity index (χ1n) is 19.4. The molecule has 0 N–H and O–H groups in total. The van der Waals surface area contributed by atoms with E-state index in [1.165, 1.54) is 45.2 Å². The summed E-state index contributed by atoms with van der Waals surface area (Å²) in [6.45, 7) is 14.2. The molecule has 1 spiro atoms. The van der Waals surface area contributed by atoms with Crippen molar-refractivity contribution in [2.75, 3.05) is 21.3 Å². The predicted molar refractivity (Wildman–Crippen MR) is 218 cm³/mol. The van der Waals surface area contributed by atoms with Gasteiger partial charge in [0.1, 0.15) is 22.8 Å². The van der Waals surface area contributed by atoms with Crippen molar-refractivity contribution in [2.24, 2.45) is 10.8 Å². The van der Waals surface area contributed by atoms with Gasteiger partial charge in [-0.05, 0) is 115 Å². The van der Waals surface area contributed by atoms with Crippen molar-refractivity contribution < 1.29 is 23.7 Å². The molecule has 0 saturated heterocycles. The van der Waals surface area contributed by atoms with Crippen LogP contribution in [0.25, 0.3) is 28.0 Å². The molecule has 0 radical (unpaired) electrons. The Bertz CT molecular complexity index is 2280. The van der Waals surface area contributed by atoms with E-state index in [-0.39, 0.29) is 21.8 Å². The summed E-state index contributed by atoms with van der Waals surface area (Å²) < 4.78 is 32.1. The van der Waals surface area contributed by atoms with Gasteiger partial charge in [-0.3, -0.25) is 0 Å². The maximum atomic E-state index is 7.78. The van der Waals surface area contributed by atoms with Crippen molar-refractivity contribution in [3.63, 3.8) is 0 Å². The normalized spacial score (nSPS) is 20.2. The fourth-order valence-electron chi connectivity index (χ4n) is 11.3. The lowest BCUT2D eigenvalue weighted by Crippen LogP contribution is -2.44. The monoisotopic (exact) mass is 720 g/mol. The van der Waals surface area contributed by atoms with E-state index in [4.69, 9.17) is 23.7 Å². The molecule has 0 aromatic heterocycles. The van der Waals surface area contributed by atoms with Gasteiger partial charge in [-0.25, -0.2) is 0 Å². The Morgan fingerprint density at radius 2 is 1.26 bits per heavy atom. The van der Waals surface area contributed by atoms with Crippen molar-refractivity contribution in [3.8, 4) is 39.9 Å². The van der Waals surface area contributed by atoms with Crippen molar-refractivity contribution in [1.29, 1.82) is 0 Å². The highest BCUT2D eigenvalue weighted by molar-refractivity contribution is 6.11. The minimum atomic E-state index is -0.932. The lowest BCUT2D eigenvalue weighted by molar-refractivity contribution is 0.0641. The number of hydrogen-bond donors (Lipinski definition) is 0. The first-order valence-corrected chi connectivity index (χ1v) is 19.4. The van der Waals surface area contributed by atoms with E-state index in [1.54, 1.807) is 21.3 Å². The van der Waals surface area contributed by atoms with E-state index in [2.05, 4.69) is 108 Å². The summed E-state index contributed by atoms with van der Waals surface area (Å²) in [6.07, 6.45) is 9.73. The molecule has 5 nitrogen and oxygen atoms in total. The SMILES string of the molecule is COc1ccc(C2(c3ccc(OC)cc3)C=Cc3c4c(c5c6c(c(OC)cc5c3O2)OC(C)(C)CC6)-c2ccccc2C42CC(C)(C)CC(C)(C)C2)cc1. The van der Waals surface area contributed by atoms with Crippen LogP contribution in [0, 0.1) is 10.8 Å². The molecule has 2 heterocycles. The molecule has 0 unspecified atom stereocenters. The molecule has 4 aliphatic rings. The van der Waals surface area contributed by atoms with Gasteiger partial charge in [0.05, 0.1) is 21.3 Å². The average Bonchev–Trinajstić information content (AvgIpc) is 3.40. The van der Waals surface area contributed by atoms with E-state index in [9.17, 15) is 0 Å². The molecule has 5 aromatic carbocycles. The minimum Gasteiger partial charge on any atom is -0.497 e. The molecular weight excluding hydrogens is 669 g/mol. The van der Waals surface area contributed by atoms with Crippen LogP contribution in [0.3, 0.4) is 0 Å². The third-order valence-corrected chi connectivity index (χ3v) is 12.7. The second-order valence-electron chi connectivity index (χ2n) is 18.3. The molecule has 1 fully saturated rings. The number of rotatable bonds is 5. The standard InChI is InChI=1S/C49H52O5/c1-45(2)27-46(3,4)29-48(28-45)38-13-11-10-12-34(38)41-40-35-22-24-47(5,6)53-44(35)39(52-9)26-37(40)43-36(42(41)48)23-25-49(54-43,30-14-18-32(50-7)19-15-30)31-16-20-33(51-8)21-17-31/h10-21,23,25-26H,22,24,27-29H2,1-9H3. The lowest BCUT2D eigenvalue weighted by Gasteiger charge is -2.52. The summed E-state index contributed by atoms with van der Waals surface area (Å²) in [5.41, 5.74) is 8.72. The van der Waals surface area contributed by atoms with E-state index in [0.29, 0.717) is 0 Å². The molecule has 2 aliphatic heterocycles. The van der Waals surface area contributed by atoms with Gasteiger partial charge in [0.25, 0.3) is 0 Å². The highest BCUT2D eigenvalue weighted by Crippen LogP contribution is 2.68. The molecule has 1 saturated carbocycles. The Hall–Kier alpha value is -4.90. The third kappa shape index (κ3) is 5.10. The van der Waals surface area contributed by atoms with Gasteiger partial charge < -0.3 is 23.7 Å². The minimum absolute atomic E-state index is 0.125. The average molecular weight is 721 g/mol. The molecule has 9 rings (SSSR count). The summed E-state index contributed by atoms with van der Waals surface area (Å²) in [6, 6.07) is 28.0. The highest BCUT2D eigenvalue weighted by Gasteiger charge is 2.56. The van der Waals surface area contributed by atoms with Crippen molar-refractivity contribution in [2.45, 2.75) is 90.3 Å². The van der Waals surface area contributed by atoms with Crippen LogP contribution in [0.4, 0.5) is 0 Å². The summed E-state index contributed by atoms with van der Waals surface area (Å²) in [5.74, 6) is 4.08. The molecule has 278 valence electrons. The van der Waals surface area contributed by atoms with Crippen LogP contribution in [-0.2, 0) is 17.4 Å². The topological polar surface area (TPSA) is 46.2 Å². The van der Waals surface area contributed by atoms with E-state index in [1.807, 2.05) is 24.3 Å². The van der Waals surface area contributed by atoms with Crippen molar-refractivity contribution >= 4 is 16.8 Å². The summed E-state index contributed by atoms with van der Waals surface area (Å²) >= 11 is 0. The summed E-state index contributed by atoms with van der Waals surface area (Å²) in [7, 11) is 5.16. The quantitative estimate of drug-likeness (QED) is 0.181. The summed E-state index contributed by atoms with van der Waals surface area (Å²) in [4.78, 5) is 0. The second-order valence-corrected chi connectivity index (χ2v) is 18.3. The van der Waals surface area contributed by atoms with Gasteiger partial charge in [0, 0.05) is 38.4 Å². The molecule has 0 bridgehead atoms. The largest absolute Gasteiger partial charge is 0.497 e. The predicted octanol–water partition coefficient (Wildman–Crippen LogP) is 11.8. The molecular formula is C49H52O5. The zero-order valence-electron chi connectivity index (χ0n) is 33.2. The maximum Gasteiger partial charge on any atom is 0.178 e. The van der Waals surface area contributed by atoms with Gasteiger partial charge >= 0.3 is 0 Å². The van der Waals surface area contributed by atoms with Crippen LogP contribution >= 0.6 is 0 Å². The van der Waals surface area contributed by atoms with Crippen LogP contribution in [-0.4, -0.2) is 26.9 Å². The van der Waals surface area contributed by atoms with E-state index < -0.39 is 5.60 Å². The molecule has 2 aliphatic carbocycles. The van der Waals surface area contributed by atoms with Crippen molar-refractivity contribution in [3.05, 3.63) is 118 Å². The third-order valence-electron chi connectivity index (χ3n) is 12.7. The van der Waals surface area contributed by atoms with Gasteiger partial charge in [-0.1, -0.05) is 82.3 Å². The number of fused-ring (bicyclic) bond motifs is 12. The molecule has 0 amide bonds. The van der Waals surface area contributed by atoms with Crippen LogP contribution in [0.15, 0.2) is 84.9 Å². The number of aryl methyl sites for hydroxylation is 1. The Kier molecular flexibility index (Phi) is 7.61. The van der Waals surface area contributed by atoms with E-state index in [0.717, 1.165) is 70.9 Å². The Morgan fingerprint density at radius 1 is 0.648 bits per heavy atom. The van der Waals surface area contributed by atoms with Crippen molar-refractivity contribution in [1.82, 2.24) is 0 Å². The first kappa shape index (κ1) is 34.8. The van der Waals surface area contributed by atoms with Crippen LogP contribution in [0.5, 0.6) is 28.7 Å². The second kappa shape index (κ2) is 11.8. The van der Waals surface area contributed by atoms with Gasteiger partial charge in [-0.2, -0.15) is 0 Å². The fraction of sp³-hybridized carbons (Fsp3) is 0.388. The number of hydrogen-bond acceptors (Lipinski definition) is 5. The van der Waals surface area contributed by atoms with Crippen LogP contribution < -0.4 is 23.7 Å². The molecule has 5 heteroatoms. The van der Waals surface area contributed by atoms with Gasteiger partial charge in [0.2, 0.25) is 0 Å². The number of benzene rings is 5. The zero-order valence-corrected chi connectivity index (χ0v) is 33.2. The molecule has 0 atom stereocenters. The smallest absolute Gasteiger partial charge is 0.178 e. The lowest BCUT2D eigenvalue weighted by atomic mass is 9.52. The fourth-order valence-corrected chi connectivity index (χ4v) is 11.3. The Balaban J connectivity index is 1.42. The Morgan fingerprint density at radius 3 is 1.85 bits per heavy atom. The Labute approximate surface area is 320 Å². The number of methoxy groups -OCH3 is 3. The van der Waals surface area contributed by atoms with E-state index >= 15 is 0 Å². The molecule has 5 aromatic rings. The van der Waals surface area contributed by atoms with Gasteiger partial charge in [-0.15, -0.1) is 0 Å².